The van der Waals surface area contributed by atoms with E-state index in [2.05, 4.69) is 15.3 Å². The molecule has 1 amide bonds. The van der Waals surface area contributed by atoms with Crippen molar-refractivity contribution in [2.45, 2.75) is 0 Å². The molecule has 0 spiro atoms. The van der Waals surface area contributed by atoms with E-state index < -0.39 is 34.9 Å². The van der Waals surface area contributed by atoms with Crippen LogP contribution in [-0.2, 0) is 0 Å². The summed E-state index contributed by atoms with van der Waals surface area (Å²) in [5.41, 5.74) is -1.12. The Bertz CT molecular complexity index is 691. The molecule has 0 bridgehead atoms. The van der Waals surface area contributed by atoms with Gasteiger partial charge in [-0.3, -0.25) is 4.79 Å². The number of aromatic nitrogens is 2. The number of carboxylic acids is 1. The molecule has 2 aromatic rings. The molecule has 0 saturated carbocycles. The minimum Gasteiger partial charge on any atom is -0.476 e. The van der Waals surface area contributed by atoms with Gasteiger partial charge in [-0.05, 0) is 18.2 Å². The van der Waals surface area contributed by atoms with Crippen LogP contribution in [0.1, 0.15) is 20.8 Å². The second-order valence-corrected chi connectivity index (χ2v) is 3.62. The molecule has 6 nitrogen and oxygen atoms in total. The predicted octanol–water partition coefficient (Wildman–Crippen LogP) is 1.71. The van der Waals surface area contributed by atoms with Gasteiger partial charge in [-0.25, -0.2) is 19.2 Å². The smallest absolute Gasteiger partial charge is 0.356 e. The van der Waals surface area contributed by atoms with Crippen molar-refractivity contribution < 1.29 is 23.5 Å². The van der Waals surface area contributed by atoms with Crippen LogP contribution in [0.5, 0.6) is 0 Å². The van der Waals surface area contributed by atoms with Gasteiger partial charge in [-0.2, -0.15) is 4.39 Å². The fourth-order valence-corrected chi connectivity index (χ4v) is 1.46. The van der Waals surface area contributed by atoms with E-state index in [9.17, 15) is 18.4 Å². The van der Waals surface area contributed by atoms with Crippen molar-refractivity contribution in [3.05, 3.63) is 53.6 Å². The molecule has 0 unspecified atom stereocenters. The van der Waals surface area contributed by atoms with Crippen LogP contribution in [0, 0.1) is 11.8 Å². The standard InChI is InChI=1S/C12H7F2N3O3/c13-8-6(3-5-16-10(8)14)11(18)17-7-2-1-4-15-9(7)12(19)20/h1-5H,(H,17,18)(H,19,20). The lowest BCUT2D eigenvalue weighted by molar-refractivity contribution is 0.0691. The van der Waals surface area contributed by atoms with Crippen LogP contribution in [0.15, 0.2) is 30.6 Å². The summed E-state index contributed by atoms with van der Waals surface area (Å²) in [6.45, 7) is 0. The number of nitrogens with zero attached hydrogens (tertiary/aromatic N) is 2. The van der Waals surface area contributed by atoms with Gasteiger partial charge in [0, 0.05) is 12.4 Å². The number of halogens is 2. The van der Waals surface area contributed by atoms with Gasteiger partial charge in [0.25, 0.3) is 5.91 Å². The maximum Gasteiger partial charge on any atom is 0.356 e. The molecule has 20 heavy (non-hydrogen) atoms. The number of carboxylic acid groups (broad SMARTS) is 1. The summed E-state index contributed by atoms with van der Waals surface area (Å²) in [5.74, 6) is -5.19. The molecule has 2 heterocycles. The second-order valence-electron chi connectivity index (χ2n) is 3.62. The Morgan fingerprint density at radius 2 is 1.90 bits per heavy atom. The largest absolute Gasteiger partial charge is 0.476 e. The van der Waals surface area contributed by atoms with E-state index in [0.717, 1.165) is 12.3 Å². The second kappa shape index (κ2) is 5.39. The van der Waals surface area contributed by atoms with Crippen LogP contribution < -0.4 is 5.32 Å². The molecule has 0 radical (unpaired) electrons. The average Bonchev–Trinajstić information content (AvgIpc) is 2.42. The van der Waals surface area contributed by atoms with E-state index >= 15 is 0 Å². The summed E-state index contributed by atoms with van der Waals surface area (Å²) in [6, 6.07) is 3.65. The number of carbonyl (C=O) groups excluding carboxylic acids is 1. The highest BCUT2D eigenvalue weighted by Crippen LogP contribution is 2.15. The predicted molar refractivity (Wildman–Crippen MR) is 63.3 cm³/mol. The molecule has 2 N–H and O–H groups in total. The molecule has 8 heteroatoms. The Morgan fingerprint density at radius 1 is 1.15 bits per heavy atom. The van der Waals surface area contributed by atoms with Crippen molar-refractivity contribution >= 4 is 17.6 Å². The Labute approximate surface area is 111 Å². The lowest BCUT2D eigenvalue weighted by atomic mass is 10.2. The Morgan fingerprint density at radius 3 is 2.60 bits per heavy atom. The number of amides is 1. The van der Waals surface area contributed by atoms with Gasteiger partial charge in [-0.1, -0.05) is 0 Å². The summed E-state index contributed by atoms with van der Waals surface area (Å²) in [5, 5.41) is 11.0. The first kappa shape index (κ1) is 13.5. The molecule has 0 fully saturated rings. The first-order chi connectivity index (χ1) is 9.50. The molecule has 0 aliphatic rings. The van der Waals surface area contributed by atoms with Gasteiger partial charge < -0.3 is 10.4 Å². The molecule has 2 rings (SSSR count). The number of pyridine rings is 2. The normalized spacial score (nSPS) is 10.1. The van der Waals surface area contributed by atoms with Gasteiger partial charge in [-0.15, -0.1) is 0 Å². The third kappa shape index (κ3) is 2.58. The number of nitrogens with one attached hydrogen (secondary N) is 1. The fraction of sp³-hybridized carbons (Fsp3) is 0. The van der Waals surface area contributed by atoms with E-state index in [1.165, 1.54) is 18.3 Å². The molecule has 0 aromatic carbocycles. The molecular weight excluding hydrogens is 272 g/mol. The highest BCUT2D eigenvalue weighted by atomic mass is 19.2. The number of carbonyl (C=O) groups is 2. The first-order valence-electron chi connectivity index (χ1n) is 5.30. The fourth-order valence-electron chi connectivity index (χ4n) is 1.46. The lowest BCUT2D eigenvalue weighted by Gasteiger charge is -2.08. The average molecular weight is 279 g/mol. The third-order valence-corrected chi connectivity index (χ3v) is 2.35. The summed E-state index contributed by atoms with van der Waals surface area (Å²) < 4.78 is 26.3. The summed E-state index contributed by atoms with van der Waals surface area (Å²) in [7, 11) is 0. The number of rotatable bonds is 3. The minimum atomic E-state index is -1.41. The van der Waals surface area contributed by atoms with Crippen molar-refractivity contribution in [2.24, 2.45) is 0 Å². The molecule has 102 valence electrons. The van der Waals surface area contributed by atoms with Crippen LogP contribution in [0.4, 0.5) is 14.5 Å². The highest BCUT2D eigenvalue weighted by Gasteiger charge is 2.19. The van der Waals surface area contributed by atoms with Crippen molar-refractivity contribution in [1.82, 2.24) is 9.97 Å². The summed E-state index contributed by atoms with van der Waals surface area (Å²) >= 11 is 0. The van der Waals surface area contributed by atoms with Crippen molar-refractivity contribution in [1.29, 1.82) is 0 Å². The third-order valence-electron chi connectivity index (χ3n) is 2.35. The van der Waals surface area contributed by atoms with Crippen LogP contribution >= 0.6 is 0 Å². The van der Waals surface area contributed by atoms with Gasteiger partial charge in [0.1, 0.15) is 0 Å². The quantitative estimate of drug-likeness (QED) is 0.834. The van der Waals surface area contributed by atoms with Crippen molar-refractivity contribution in [3.63, 3.8) is 0 Å². The molecule has 0 aliphatic heterocycles. The van der Waals surface area contributed by atoms with Crippen molar-refractivity contribution in [3.8, 4) is 0 Å². The zero-order chi connectivity index (χ0) is 14.7. The maximum absolute atomic E-state index is 13.4. The monoisotopic (exact) mass is 279 g/mol. The topological polar surface area (TPSA) is 92.2 Å². The van der Waals surface area contributed by atoms with Crippen LogP contribution in [0.25, 0.3) is 0 Å². The number of hydrogen-bond acceptors (Lipinski definition) is 4. The molecule has 0 saturated heterocycles. The zero-order valence-corrected chi connectivity index (χ0v) is 9.80. The Kier molecular flexibility index (Phi) is 3.65. The number of hydrogen-bond donors (Lipinski definition) is 2. The van der Waals surface area contributed by atoms with E-state index in [1.54, 1.807) is 0 Å². The minimum absolute atomic E-state index is 0.123. The van der Waals surface area contributed by atoms with E-state index in [0.29, 0.717) is 0 Å². The van der Waals surface area contributed by atoms with Gasteiger partial charge >= 0.3 is 5.97 Å². The summed E-state index contributed by atoms with van der Waals surface area (Å²) in [6.07, 6.45) is 2.15. The van der Waals surface area contributed by atoms with Gasteiger partial charge in [0.15, 0.2) is 11.5 Å². The summed E-state index contributed by atoms with van der Waals surface area (Å²) in [4.78, 5) is 29.3. The molecule has 2 aromatic heterocycles. The Balaban J connectivity index is 2.33. The van der Waals surface area contributed by atoms with Crippen LogP contribution in [0.2, 0.25) is 0 Å². The maximum atomic E-state index is 13.4. The number of anilines is 1. The van der Waals surface area contributed by atoms with Crippen LogP contribution in [0.3, 0.4) is 0 Å². The van der Waals surface area contributed by atoms with Gasteiger partial charge in [0.05, 0.1) is 11.3 Å². The van der Waals surface area contributed by atoms with Crippen LogP contribution in [-0.4, -0.2) is 27.0 Å². The lowest BCUT2D eigenvalue weighted by Crippen LogP contribution is -2.17. The molecule has 0 aliphatic carbocycles. The highest BCUT2D eigenvalue weighted by molar-refractivity contribution is 6.07. The van der Waals surface area contributed by atoms with E-state index in [4.69, 9.17) is 5.11 Å². The zero-order valence-electron chi connectivity index (χ0n) is 9.80. The first-order valence-corrected chi connectivity index (χ1v) is 5.30. The molecular formula is C12H7F2N3O3. The SMILES string of the molecule is O=C(Nc1cccnc1C(=O)O)c1ccnc(F)c1F. The van der Waals surface area contributed by atoms with Gasteiger partial charge in [0.2, 0.25) is 5.95 Å². The molecule has 0 atom stereocenters. The van der Waals surface area contributed by atoms with Crippen molar-refractivity contribution in [2.75, 3.05) is 5.32 Å². The van der Waals surface area contributed by atoms with E-state index in [1.807, 2.05) is 0 Å². The Hall–Kier alpha value is -2.90. The van der Waals surface area contributed by atoms with E-state index in [-0.39, 0.29) is 5.69 Å². The number of aromatic carboxylic acids is 1.